The zero-order chi connectivity index (χ0) is 33.0. The molecule has 3 aromatic heterocycles. The van der Waals surface area contributed by atoms with E-state index in [4.69, 9.17) is 14.4 Å². The molecule has 10 aromatic rings. The van der Waals surface area contributed by atoms with Crippen LogP contribution in [-0.4, -0.2) is 14.5 Å². The lowest BCUT2D eigenvalue weighted by Crippen LogP contribution is -1.99. The van der Waals surface area contributed by atoms with Crippen molar-refractivity contribution in [3.05, 3.63) is 176 Å². The second-order valence-electron chi connectivity index (χ2n) is 12.6. The van der Waals surface area contributed by atoms with E-state index in [0.29, 0.717) is 5.82 Å². The first kappa shape index (κ1) is 28.3. The number of para-hydroxylation sites is 3. The van der Waals surface area contributed by atoms with Gasteiger partial charge in [-0.2, -0.15) is 0 Å². The number of rotatable bonds is 5. The van der Waals surface area contributed by atoms with Crippen LogP contribution in [0.4, 0.5) is 0 Å². The minimum Gasteiger partial charge on any atom is -0.456 e. The highest BCUT2D eigenvalue weighted by atomic mass is 16.3. The van der Waals surface area contributed by atoms with Crippen LogP contribution >= 0.6 is 0 Å². The zero-order valence-electron chi connectivity index (χ0n) is 27.0. The molecule has 0 aliphatic heterocycles. The van der Waals surface area contributed by atoms with E-state index in [1.807, 2.05) is 18.2 Å². The van der Waals surface area contributed by atoms with Gasteiger partial charge in [-0.25, -0.2) is 9.97 Å². The van der Waals surface area contributed by atoms with Crippen molar-refractivity contribution in [3.63, 3.8) is 0 Å². The predicted molar refractivity (Wildman–Crippen MR) is 205 cm³/mol. The molecular formula is C46H29N3O. The van der Waals surface area contributed by atoms with Gasteiger partial charge in [-0.3, -0.25) is 0 Å². The van der Waals surface area contributed by atoms with E-state index in [9.17, 15) is 0 Å². The summed E-state index contributed by atoms with van der Waals surface area (Å²) in [6, 6.07) is 61.4. The van der Waals surface area contributed by atoms with Crippen molar-refractivity contribution in [1.29, 1.82) is 0 Å². The molecule has 0 amide bonds. The summed E-state index contributed by atoms with van der Waals surface area (Å²) in [6.07, 6.45) is 0. The van der Waals surface area contributed by atoms with Crippen LogP contribution in [0.5, 0.6) is 0 Å². The summed E-state index contributed by atoms with van der Waals surface area (Å²) in [6.45, 7) is 0. The Labute approximate surface area is 288 Å². The van der Waals surface area contributed by atoms with Crippen LogP contribution < -0.4 is 0 Å². The Balaban J connectivity index is 1.16. The monoisotopic (exact) mass is 639 g/mol. The SMILES string of the molecule is c1ccc(-c2cc(-c3ccccc3-c3ccc4oc5ccccc5c4c3)nc(-c3cccc(-n4c5ccccc5c5ccccc54)c3)n2)cc1. The topological polar surface area (TPSA) is 43.9 Å². The van der Waals surface area contributed by atoms with Crippen LogP contribution in [0.3, 0.4) is 0 Å². The molecule has 50 heavy (non-hydrogen) atoms. The average molecular weight is 640 g/mol. The standard InChI is InChI=1S/C46H29N3O/c1-2-13-30(14-3-1)40-29-41(35-18-5-4-17-34(35)31-25-26-45-39(28-31)38-21-8-11-24-44(38)50-45)48-46(47-40)32-15-12-16-33(27-32)49-42-22-9-6-19-36(42)37-20-7-10-23-43(37)49/h1-29H. The first-order valence-electron chi connectivity index (χ1n) is 16.8. The molecule has 10 rings (SSSR count). The molecule has 0 aliphatic rings. The summed E-state index contributed by atoms with van der Waals surface area (Å²) in [5.74, 6) is 0.676. The quantitative estimate of drug-likeness (QED) is 0.188. The van der Waals surface area contributed by atoms with Crippen LogP contribution in [0.25, 0.3) is 94.5 Å². The minimum absolute atomic E-state index is 0.676. The summed E-state index contributed by atoms with van der Waals surface area (Å²) in [4.78, 5) is 10.5. The molecule has 0 spiro atoms. The second kappa shape index (κ2) is 11.4. The van der Waals surface area contributed by atoms with Gasteiger partial charge in [-0.1, -0.05) is 127 Å². The molecule has 0 fully saturated rings. The van der Waals surface area contributed by atoms with Crippen molar-refractivity contribution in [2.24, 2.45) is 0 Å². The number of nitrogens with zero attached hydrogens (tertiary/aromatic N) is 3. The lowest BCUT2D eigenvalue weighted by Gasteiger charge is -2.14. The highest BCUT2D eigenvalue weighted by Crippen LogP contribution is 2.38. The molecule has 0 aliphatic carbocycles. The van der Waals surface area contributed by atoms with Crippen molar-refractivity contribution in [1.82, 2.24) is 14.5 Å². The highest BCUT2D eigenvalue weighted by Gasteiger charge is 2.17. The number of fused-ring (bicyclic) bond motifs is 6. The van der Waals surface area contributed by atoms with Gasteiger partial charge in [-0.15, -0.1) is 0 Å². The molecule has 0 N–H and O–H groups in total. The molecule has 0 unspecified atom stereocenters. The smallest absolute Gasteiger partial charge is 0.160 e. The van der Waals surface area contributed by atoms with Crippen molar-refractivity contribution in [3.8, 4) is 50.7 Å². The number of hydrogen-bond donors (Lipinski definition) is 0. The van der Waals surface area contributed by atoms with E-state index in [0.717, 1.165) is 66.8 Å². The van der Waals surface area contributed by atoms with Crippen molar-refractivity contribution < 1.29 is 4.42 Å². The fourth-order valence-electron chi connectivity index (χ4n) is 7.31. The van der Waals surface area contributed by atoms with Gasteiger partial charge in [0, 0.05) is 43.9 Å². The number of furan rings is 1. The normalized spacial score (nSPS) is 11.6. The maximum atomic E-state index is 6.15. The largest absolute Gasteiger partial charge is 0.456 e. The third-order valence-electron chi connectivity index (χ3n) is 9.63. The molecule has 4 nitrogen and oxygen atoms in total. The van der Waals surface area contributed by atoms with Gasteiger partial charge < -0.3 is 8.98 Å². The van der Waals surface area contributed by atoms with Gasteiger partial charge >= 0.3 is 0 Å². The van der Waals surface area contributed by atoms with E-state index in [-0.39, 0.29) is 0 Å². The van der Waals surface area contributed by atoms with Crippen molar-refractivity contribution in [2.45, 2.75) is 0 Å². The van der Waals surface area contributed by atoms with E-state index < -0.39 is 0 Å². The summed E-state index contributed by atoms with van der Waals surface area (Å²) in [5.41, 5.74) is 12.2. The third-order valence-corrected chi connectivity index (χ3v) is 9.63. The number of aromatic nitrogens is 3. The molecule has 0 saturated carbocycles. The Morgan fingerprint density at radius 1 is 0.380 bits per heavy atom. The highest BCUT2D eigenvalue weighted by molar-refractivity contribution is 6.09. The first-order valence-corrected chi connectivity index (χ1v) is 16.8. The summed E-state index contributed by atoms with van der Waals surface area (Å²) >= 11 is 0. The molecule has 7 aromatic carbocycles. The number of benzene rings is 7. The van der Waals surface area contributed by atoms with Crippen LogP contribution in [0.15, 0.2) is 180 Å². The third kappa shape index (κ3) is 4.61. The minimum atomic E-state index is 0.676. The fourth-order valence-corrected chi connectivity index (χ4v) is 7.31. The Morgan fingerprint density at radius 3 is 1.80 bits per heavy atom. The van der Waals surface area contributed by atoms with Crippen LogP contribution in [-0.2, 0) is 0 Å². The van der Waals surface area contributed by atoms with Crippen LogP contribution in [0, 0.1) is 0 Å². The number of hydrogen-bond acceptors (Lipinski definition) is 3. The maximum absolute atomic E-state index is 6.15. The lowest BCUT2D eigenvalue weighted by molar-refractivity contribution is 0.669. The van der Waals surface area contributed by atoms with Crippen LogP contribution in [0.1, 0.15) is 0 Å². The molecule has 234 valence electrons. The van der Waals surface area contributed by atoms with E-state index in [1.54, 1.807) is 0 Å². The van der Waals surface area contributed by atoms with Gasteiger partial charge in [-0.05, 0) is 59.7 Å². The Hall–Kier alpha value is -6.78. The summed E-state index contributed by atoms with van der Waals surface area (Å²) in [7, 11) is 0. The van der Waals surface area contributed by atoms with Gasteiger partial charge in [0.2, 0.25) is 0 Å². The average Bonchev–Trinajstić information content (AvgIpc) is 3.74. The lowest BCUT2D eigenvalue weighted by atomic mass is 9.95. The summed E-state index contributed by atoms with van der Waals surface area (Å²) in [5, 5.41) is 4.68. The second-order valence-corrected chi connectivity index (χ2v) is 12.6. The molecule has 0 radical (unpaired) electrons. The van der Waals surface area contributed by atoms with Gasteiger partial charge in [0.25, 0.3) is 0 Å². The van der Waals surface area contributed by atoms with Crippen molar-refractivity contribution in [2.75, 3.05) is 0 Å². The Bertz CT molecular complexity index is 2830. The van der Waals surface area contributed by atoms with Gasteiger partial charge in [0.15, 0.2) is 5.82 Å². The van der Waals surface area contributed by atoms with Gasteiger partial charge in [0.05, 0.1) is 22.4 Å². The zero-order valence-corrected chi connectivity index (χ0v) is 27.0. The molecule has 0 bridgehead atoms. The molecule has 4 heteroatoms. The summed E-state index contributed by atoms with van der Waals surface area (Å²) < 4.78 is 8.48. The molecule has 3 heterocycles. The van der Waals surface area contributed by atoms with E-state index in [1.165, 1.54) is 21.8 Å². The fraction of sp³-hybridized carbons (Fsp3) is 0. The van der Waals surface area contributed by atoms with E-state index in [2.05, 4.69) is 162 Å². The first-order chi connectivity index (χ1) is 24.8. The predicted octanol–water partition coefficient (Wildman–Crippen LogP) is 12.1. The van der Waals surface area contributed by atoms with Crippen LogP contribution in [0.2, 0.25) is 0 Å². The van der Waals surface area contributed by atoms with Gasteiger partial charge in [0.1, 0.15) is 11.2 Å². The van der Waals surface area contributed by atoms with Crippen molar-refractivity contribution >= 4 is 43.7 Å². The molecular weight excluding hydrogens is 611 g/mol. The van der Waals surface area contributed by atoms with E-state index >= 15 is 0 Å². The Kier molecular flexibility index (Phi) is 6.46. The maximum Gasteiger partial charge on any atom is 0.160 e. The molecule has 0 saturated heterocycles. The molecule has 0 atom stereocenters. The Morgan fingerprint density at radius 2 is 1.00 bits per heavy atom.